The molecule has 1 aromatic heterocycles. The van der Waals surface area contributed by atoms with E-state index in [2.05, 4.69) is 74.3 Å². The summed E-state index contributed by atoms with van der Waals surface area (Å²) in [4.78, 5) is 3.40. The van der Waals surface area contributed by atoms with Crippen LogP contribution in [-0.4, -0.2) is 12.1 Å². The summed E-state index contributed by atoms with van der Waals surface area (Å²) in [5.41, 5.74) is 5.19. The maximum absolute atomic E-state index is 5.39. The van der Waals surface area contributed by atoms with Crippen LogP contribution in [-0.2, 0) is 5.41 Å². The molecule has 0 amide bonds. The number of benzene rings is 3. The lowest BCUT2D eigenvalue weighted by Gasteiger charge is -2.19. The second kappa shape index (κ2) is 5.66. The second-order valence-corrected chi connectivity index (χ2v) is 7.60. The van der Waals surface area contributed by atoms with Gasteiger partial charge in [0.2, 0.25) is 0 Å². The monoisotopic (exact) mass is 329 g/mol. The molecule has 0 aliphatic heterocycles. The van der Waals surface area contributed by atoms with Crippen molar-refractivity contribution < 1.29 is 4.74 Å². The van der Waals surface area contributed by atoms with Gasteiger partial charge in [-0.1, -0.05) is 51.1 Å². The van der Waals surface area contributed by atoms with Crippen LogP contribution < -0.4 is 4.74 Å². The molecule has 0 saturated carbocycles. The van der Waals surface area contributed by atoms with Crippen LogP contribution in [0.15, 0.2) is 60.8 Å². The number of aromatic amines is 1. The Balaban J connectivity index is 1.93. The van der Waals surface area contributed by atoms with Gasteiger partial charge in [0.15, 0.2) is 0 Å². The van der Waals surface area contributed by atoms with Crippen molar-refractivity contribution in [2.45, 2.75) is 26.2 Å². The van der Waals surface area contributed by atoms with Crippen LogP contribution in [0, 0.1) is 0 Å². The van der Waals surface area contributed by atoms with E-state index in [1.807, 2.05) is 12.3 Å². The zero-order chi connectivity index (χ0) is 17.6. The van der Waals surface area contributed by atoms with Gasteiger partial charge in [0, 0.05) is 17.0 Å². The van der Waals surface area contributed by atoms with Crippen LogP contribution in [0.2, 0.25) is 0 Å². The molecule has 2 heteroatoms. The quantitative estimate of drug-likeness (QED) is 0.459. The fourth-order valence-electron chi connectivity index (χ4n) is 3.44. The summed E-state index contributed by atoms with van der Waals surface area (Å²) < 4.78 is 5.39. The number of rotatable bonds is 2. The molecule has 25 heavy (non-hydrogen) atoms. The Morgan fingerprint density at radius 3 is 2.28 bits per heavy atom. The van der Waals surface area contributed by atoms with Gasteiger partial charge in [-0.05, 0) is 51.8 Å². The van der Waals surface area contributed by atoms with Crippen LogP contribution in [0.1, 0.15) is 26.3 Å². The fourth-order valence-corrected chi connectivity index (χ4v) is 3.44. The molecule has 0 unspecified atom stereocenters. The van der Waals surface area contributed by atoms with Gasteiger partial charge in [0.05, 0.1) is 12.6 Å². The maximum Gasteiger partial charge on any atom is 0.119 e. The topological polar surface area (TPSA) is 25.0 Å². The molecule has 0 aliphatic carbocycles. The van der Waals surface area contributed by atoms with Gasteiger partial charge >= 0.3 is 0 Å². The third kappa shape index (κ3) is 2.68. The lowest BCUT2D eigenvalue weighted by Crippen LogP contribution is -2.10. The first-order chi connectivity index (χ1) is 12.0. The normalized spacial score (nSPS) is 12.0. The average Bonchev–Trinajstić information content (AvgIpc) is 3.10. The molecule has 0 fully saturated rings. The molecule has 126 valence electrons. The Morgan fingerprint density at radius 1 is 0.840 bits per heavy atom. The Hall–Kier alpha value is -2.74. The first kappa shape index (κ1) is 15.8. The van der Waals surface area contributed by atoms with E-state index in [9.17, 15) is 0 Å². The number of methoxy groups -OCH3 is 1. The van der Waals surface area contributed by atoms with Crippen molar-refractivity contribution in [3.8, 4) is 16.9 Å². The standard InChI is InChI=1S/C23H23NO/c1-23(2,3)17-8-5-15(6-9-17)20-13-16-7-10-18(25-4)14-21(16)22-19(20)11-12-24-22/h5-14,24H,1-4H3. The number of H-pyrrole nitrogens is 1. The van der Waals surface area contributed by atoms with E-state index in [0.29, 0.717) is 0 Å². The largest absolute Gasteiger partial charge is 0.497 e. The number of nitrogens with one attached hydrogen (secondary N) is 1. The van der Waals surface area contributed by atoms with Gasteiger partial charge < -0.3 is 9.72 Å². The number of fused-ring (bicyclic) bond motifs is 3. The van der Waals surface area contributed by atoms with Crippen molar-refractivity contribution in [1.82, 2.24) is 4.98 Å². The molecule has 0 aliphatic rings. The van der Waals surface area contributed by atoms with Crippen molar-refractivity contribution in [2.24, 2.45) is 0 Å². The van der Waals surface area contributed by atoms with Gasteiger partial charge in [-0.3, -0.25) is 0 Å². The highest BCUT2D eigenvalue weighted by atomic mass is 16.5. The average molecular weight is 329 g/mol. The van der Waals surface area contributed by atoms with E-state index in [-0.39, 0.29) is 5.41 Å². The molecule has 1 heterocycles. The maximum atomic E-state index is 5.39. The molecule has 0 bridgehead atoms. The van der Waals surface area contributed by atoms with E-state index < -0.39 is 0 Å². The van der Waals surface area contributed by atoms with Crippen LogP contribution in [0.25, 0.3) is 32.8 Å². The van der Waals surface area contributed by atoms with E-state index in [1.165, 1.54) is 32.8 Å². The van der Waals surface area contributed by atoms with Crippen molar-refractivity contribution >= 4 is 21.7 Å². The summed E-state index contributed by atoms with van der Waals surface area (Å²) in [6, 6.07) is 19.6. The smallest absolute Gasteiger partial charge is 0.119 e. The predicted octanol–water partition coefficient (Wildman–Crippen LogP) is 6.29. The van der Waals surface area contributed by atoms with Gasteiger partial charge in [-0.15, -0.1) is 0 Å². The molecular weight excluding hydrogens is 306 g/mol. The Kier molecular flexibility index (Phi) is 3.57. The summed E-state index contributed by atoms with van der Waals surface area (Å²) in [7, 11) is 1.71. The van der Waals surface area contributed by atoms with Crippen LogP contribution in [0.4, 0.5) is 0 Å². The van der Waals surface area contributed by atoms with Crippen molar-refractivity contribution in [3.05, 3.63) is 66.4 Å². The number of hydrogen-bond acceptors (Lipinski definition) is 1. The van der Waals surface area contributed by atoms with Gasteiger partial charge in [-0.25, -0.2) is 0 Å². The van der Waals surface area contributed by atoms with Crippen LogP contribution in [0.5, 0.6) is 5.75 Å². The van der Waals surface area contributed by atoms with Crippen molar-refractivity contribution in [2.75, 3.05) is 7.11 Å². The molecule has 4 rings (SSSR count). The zero-order valence-electron chi connectivity index (χ0n) is 15.2. The van der Waals surface area contributed by atoms with Gasteiger partial charge in [0.1, 0.15) is 5.75 Å². The van der Waals surface area contributed by atoms with E-state index in [1.54, 1.807) is 7.11 Å². The predicted molar refractivity (Wildman–Crippen MR) is 106 cm³/mol. The minimum atomic E-state index is 0.169. The molecule has 0 atom stereocenters. The zero-order valence-corrected chi connectivity index (χ0v) is 15.2. The first-order valence-electron chi connectivity index (χ1n) is 8.66. The molecule has 3 aromatic carbocycles. The Bertz CT molecular complexity index is 1050. The number of hydrogen-bond donors (Lipinski definition) is 1. The van der Waals surface area contributed by atoms with E-state index >= 15 is 0 Å². The summed E-state index contributed by atoms with van der Waals surface area (Å²) in [6.45, 7) is 6.74. The van der Waals surface area contributed by atoms with Crippen LogP contribution in [0.3, 0.4) is 0 Å². The summed E-state index contributed by atoms with van der Waals surface area (Å²) >= 11 is 0. The summed E-state index contributed by atoms with van der Waals surface area (Å²) in [5, 5.41) is 3.64. The molecule has 4 aromatic rings. The molecule has 2 nitrogen and oxygen atoms in total. The van der Waals surface area contributed by atoms with E-state index in [0.717, 1.165) is 11.3 Å². The highest BCUT2D eigenvalue weighted by Gasteiger charge is 2.14. The van der Waals surface area contributed by atoms with Crippen molar-refractivity contribution in [1.29, 1.82) is 0 Å². The third-order valence-electron chi connectivity index (χ3n) is 4.93. The van der Waals surface area contributed by atoms with Gasteiger partial charge in [-0.2, -0.15) is 0 Å². The third-order valence-corrected chi connectivity index (χ3v) is 4.93. The SMILES string of the molecule is COc1ccc2cc(-c3ccc(C(C)(C)C)cc3)c3cc[nH]c3c2c1. The molecule has 0 spiro atoms. The molecule has 0 radical (unpaired) electrons. The van der Waals surface area contributed by atoms with Crippen LogP contribution >= 0.6 is 0 Å². The minimum absolute atomic E-state index is 0.169. The molecule has 1 N–H and O–H groups in total. The fraction of sp³-hybridized carbons (Fsp3) is 0.217. The highest BCUT2D eigenvalue weighted by Crippen LogP contribution is 2.36. The Morgan fingerprint density at radius 2 is 1.60 bits per heavy atom. The van der Waals surface area contributed by atoms with E-state index in [4.69, 9.17) is 4.74 Å². The molecular formula is C23H23NO. The second-order valence-electron chi connectivity index (χ2n) is 7.60. The lowest BCUT2D eigenvalue weighted by atomic mass is 9.86. The Labute approximate surface area is 148 Å². The van der Waals surface area contributed by atoms with Gasteiger partial charge in [0.25, 0.3) is 0 Å². The number of ether oxygens (including phenoxy) is 1. The summed E-state index contributed by atoms with van der Waals surface area (Å²) in [5.74, 6) is 0.880. The molecule has 0 saturated heterocycles. The first-order valence-corrected chi connectivity index (χ1v) is 8.66. The summed E-state index contributed by atoms with van der Waals surface area (Å²) in [6.07, 6.45) is 2.01. The minimum Gasteiger partial charge on any atom is -0.497 e. The highest BCUT2D eigenvalue weighted by molar-refractivity contribution is 6.12. The lowest BCUT2D eigenvalue weighted by molar-refractivity contribution is 0.415. The number of aromatic nitrogens is 1. The van der Waals surface area contributed by atoms with Crippen molar-refractivity contribution in [3.63, 3.8) is 0 Å².